The first-order valence-corrected chi connectivity index (χ1v) is 9.84. The van der Waals surface area contributed by atoms with E-state index in [1.165, 1.54) is 5.69 Å². The number of nitrogens with zero attached hydrogens (tertiary/aromatic N) is 3. The Morgan fingerprint density at radius 3 is 2.68 bits per heavy atom. The summed E-state index contributed by atoms with van der Waals surface area (Å²) in [6.07, 6.45) is 9.68. The lowest BCUT2D eigenvalue weighted by molar-refractivity contribution is 0.479. The van der Waals surface area contributed by atoms with Crippen molar-refractivity contribution >= 4 is 17.1 Å². The van der Waals surface area contributed by atoms with Gasteiger partial charge in [0, 0.05) is 25.2 Å². The fourth-order valence-electron chi connectivity index (χ4n) is 4.24. The molecule has 1 saturated heterocycles. The predicted octanol–water partition coefficient (Wildman–Crippen LogP) is 6.05. The number of hydrogen-bond acceptors (Lipinski definition) is 3. The molecule has 0 saturated carbocycles. The molecule has 0 aliphatic carbocycles. The monoisotopic (exact) mass is 373 g/mol. The van der Waals surface area contributed by atoms with Crippen LogP contribution in [-0.4, -0.2) is 23.6 Å². The minimum Gasteiger partial charge on any atom is -0.366 e. The van der Waals surface area contributed by atoms with Crippen LogP contribution in [0.15, 0.2) is 79.6 Å². The number of anilines is 2. The SMILES string of the molecule is C=C/C=C(/CC(=C)N1c2nc(C(=C)C)ccc2N2CC[C@@]1(C)C2)C(=C)/C=C\C. The van der Waals surface area contributed by atoms with E-state index in [0.29, 0.717) is 6.42 Å². The summed E-state index contributed by atoms with van der Waals surface area (Å²) < 4.78 is 0. The van der Waals surface area contributed by atoms with Crippen LogP contribution in [-0.2, 0) is 0 Å². The first kappa shape index (κ1) is 19.9. The van der Waals surface area contributed by atoms with Gasteiger partial charge in [-0.25, -0.2) is 4.98 Å². The van der Waals surface area contributed by atoms with Gasteiger partial charge in [-0.3, -0.25) is 0 Å². The first-order valence-electron chi connectivity index (χ1n) is 9.84. The largest absolute Gasteiger partial charge is 0.366 e. The van der Waals surface area contributed by atoms with Crippen molar-refractivity contribution in [3.8, 4) is 0 Å². The summed E-state index contributed by atoms with van der Waals surface area (Å²) in [7, 11) is 0. The molecule has 0 amide bonds. The molecule has 2 aliphatic heterocycles. The molecule has 0 aromatic carbocycles. The summed E-state index contributed by atoms with van der Waals surface area (Å²) >= 11 is 0. The van der Waals surface area contributed by atoms with E-state index in [4.69, 9.17) is 4.98 Å². The van der Waals surface area contributed by atoms with Gasteiger partial charge in [-0.1, -0.05) is 50.6 Å². The van der Waals surface area contributed by atoms with Gasteiger partial charge in [-0.05, 0) is 56.0 Å². The van der Waals surface area contributed by atoms with Crippen LogP contribution in [0.5, 0.6) is 0 Å². The summed E-state index contributed by atoms with van der Waals surface area (Å²) in [6.45, 7) is 25.0. The van der Waals surface area contributed by atoms with Gasteiger partial charge in [-0.15, -0.1) is 0 Å². The van der Waals surface area contributed by atoms with Crippen molar-refractivity contribution in [1.29, 1.82) is 0 Å². The van der Waals surface area contributed by atoms with Gasteiger partial charge >= 0.3 is 0 Å². The third-order valence-electron chi connectivity index (χ3n) is 5.65. The van der Waals surface area contributed by atoms with Crippen LogP contribution in [0.2, 0.25) is 0 Å². The highest BCUT2D eigenvalue weighted by Crippen LogP contribution is 2.47. The summed E-state index contributed by atoms with van der Waals surface area (Å²) in [5.41, 5.74) is 6.23. The van der Waals surface area contributed by atoms with E-state index in [-0.39, 0.29) is 5.54 Å². The van der Waals surface area contributed by atoms with Crippen molar-refractivity contribution in [2.24, 2.45) is 0 Å². The molecule has 1 aromatic heterocycles. The molecular weight excluding hydrogens is 342 g/mol. The van der Waals surface area contributed by atoms with Gasteiger partial charge in [0.25, 0.3) is 0 Å². The second-order valence-electron chi connectivity index (χ2n) is 8.02. The van der Waals surface area contributed by atoms with Crippen molar-refractivity contribution in [1.82, 2.24) is 4.98 Å². The average Bonchev–Trinajstić information content (AvgIpc) is 2.99. The van der Waals surface area contributed by atoms with Crippen LogP contribution >= 0.6 is 0 Å². The quantitative estimate of drug-likeness (QED) is 0.542. The Hall–Kier alpha value is -2.81. The maximum absolute atomic E-state index is 4.98. The zero-order chi connectivity index (χ0) is 20.5. The Balaban J connectivity index is 2.03. The second-order valence-corrected chi connectivity index (χ2v) is 8.02. The molecule has 2 aliphatic rings. The minimum absolute atomic E-state index is 0.00794. The summed E-state index contributed by atoms with van der Waals surface area (Å²) in [6, 6.07) is 4.25. The molecule has 2 bridgehead atoms. The van der Waals surface area contributed by atoms with Crippen molar-refractivity contribution in [2.45, 2.75) is 39.2 Å². The van der Waals surface area contributed by atoms with Crippen LogP contribution < -0.4 is 9.80 Å². The minimum atomic E-state index is -0.00794. The van der Waals surface area contributed by atoms with Crippen LogP contribution in [0.1, 0.15) is 39.3 Å². The molecule has 3 heterocycles. The first-order chi connectivity index (χ1) is 13.3. The zero-order valence-corrected chi connectivity index (χ0v) is 17.5. The van der Waals surface area contributed by atoms with Gasteiger partial charge in [0.05, 0.1) is 16.9 Å². The maximum Gasteiger partial charge on any atom is 0.157 e. The third kappa shape index (κ3) is 3.49. The summed E-state index contributed by atoms with van der Waals surface area (Å²) in [5.74, 6) is 0.992. The number of pyridine rings is 1. The van der Waals surface area contributed by atoms with Crippen LogP contribution in [0.4, 0.5) is 11.5 Å². The molecule has 146 valence electrons. The normalized spacial score (nSPS) is 21.0. The van der Waals surface area contributed by atoms with Gasteiger partial charge in [-0.2, -0.15) is 0 Å². The molecule has 1 aromatic rings. The standard InChI is InChI=1S/C25H31N3/c1-8-10-19(5)21(11-9-2)16-20(6)28-24-23(13-12-22(26-24)18(3)4)27-15-14-25(28,7)17-27/h8-13H,2-3,5-6,14-17H2,1,4,7H3/b10-8-,21-11-/t25-/m0/s1. The fraction of sp³-hybridized carbons (Fsp3) is 0.320. The number of hydrogen-bond donors (Lipinski definition) is 0. The van der Waals surface area contributed by atoms with Crippen molar-refractivity contribution < 1.29 is 0 Å². The Morgan fingerprint density at radius 2 is 2.04 bits per heavy atom. The number of aromatic nitrogens is 1. The highest BCUT2D eigenvalue weighted by molar-refractivity contribution is 5.77. The van der Waals surface area contributed by atoms with Gasteiger partial charge in [0.1, 0.15) is 0 Å². The van der Waals surface area contributed by atoms with Crippen molar-refractivity contribution in [3.63, 3.8) is 0 Å². The Kier molecular flexibility index (Phi) is 5.46. The lowest BCUT2D eigenvalue weighted by Gasteiger charge is -2.45. The maximum atomic E-state index is 4.98. The lowest BCUT2D eigenvalue weighted by Crippen LogP contribution is -2.51. The Bertz CT molecular complexity index is 902. The molecule has 3 rings (SSSR count). The fourth-order valence-corrected chi connectivity index (χ4v) is 4.24. The van der Waals surface area contributed by atoms with Gasteiger partial charge in [0.2, 0.25) is 0 Å². The van der Waals surface area contributed by atoms with Crippen LogP contribution in [0.25, 0.3) is 5.57 Å². The molecule has 0 unspecified atom stereocenters. The highest BCUT2D eigenvalue weighted by atomic mass is 15.4. The zero-order valence-electron chi connectivity index (χ0n) is 17.5. The van der Waals surface area contributed by atoms with Gasteiger partial charge in [0.15, 0.2) is 5.82 Å². The molecular formula is C25H31N3. The van der Waals surface area contributed by atoms with E-state index >= 15 is 0 Å². The molecule has 0 N–H and O–H groups in total. The van der Waals surface area contributed by atoms with Crippen LogP contribution in [0, 0.1) is 0 Å². The third-order valence-corrected chi connectivity index (χ3v) is 5.65. The summed E-state index contributed by atoms with van der Waals surface area (Å²) in [4.78, 5) is 9.78. The number of fused-ring (bicyclic) bond motifs is 4. The number of allylic oxidation sites excluding steroid dienone is 7. The second kappa shape index (κ2) is 7.67. The molecule has 1 fully saturated rings. The molecule has 3 heteroatoms. The van der Waals surface area contributed by atoms with Gasteiger partial charge < -0.3 is 9.80 Å². The smallest absolute Gasteiger partial charge is 0.157 e. The van der Waals surface area contributed by atoms with Crippen molar-refractivity contribution in [3.05, 3.63) is 85.3 Å². The molecule has 28 heavy (non-hydrogen) atoms. The van der Waals surface area contributed by atoms with E-state index in [2.05, 4.69) is 55.2 Å². The molecule has 3 nitrogen and oxygen atoms in total. The van der Waals surface area contributed by atoms with E-state index in [1.807, 2.05) is 38.2 Å². The number of rotatable bonds is 7. The van der Waals surface area contributed by atoms with Crippen LogP contribution in [0.3, 0.4) is 0 Å². The Labute approximate surface area is 169 Å². The topological polar surface area (TPSA) is 19.4 Å². The molecule has 0 spiro atoms. The average molecular weight is 374 g/mol. The summed E-state index contributed by atoms with van der Waals surface area (Å²) in [5, 5.41) is 0. The Morgan fingerprint density at radius 1 is 1.29 bits per heavy atom. The van der Waals surface area contributed by atoms with E-state index < -0.39 is 0 Å². The molecule has 1 atom stereocenters. The van der Waals surface area contributed by atoms with E-state index in [1.54, 1.807) is 0 Å². The van der Waals surface area contributed by atoms with Crippen molar-refractivity contribution in [2.75, 3.05) is 22.9 Å². The highest BCUT2D eigenvalue weighted by Gasteiger charge is 2.46. The van der Waals surface area contributed by atoms with E-state index in [9.17, 15) is 0 Å². The molecule has 0 radical (unpaired) electrons. The van der Waals surface area contributed by atoms with E-state index in [0.717, 1.165) is 53.4 Å². The predicted molar refractivity (Wildman–Crippen MR) is 123 cm³/mol. The lowest BCUT2D eigenvalue weighted by atomic mass is 9.93.